The van der Waals surface area contributed by atoms with Gasteiger partial charge in [-0.25, -0.2) is 0 Å². The summed E-state index contributed by atoms with van der Waals surface area (Å²) in [6.45, 7) is 18.3. The molecule has 2 saturated heterocycles. The first-order chi connectivity index (χ1) is 30.1. The summed E-state index contributed by atoms with van der Waals surface area (Å²) in [5.41, 5.74) is 13.6. The summed E-state index contributed by atoms with van der Waals surface area (Å²) in [6.07, 6.45) is 4.42. The lowest BCUT2D eigenvalue weighted by atomic mass is 9.69. The second-order valence-corrected chi connectivity index (χ2v) is 19.4. The zero-order valence-electron chi connectivity index (χ0n) is 37.1. The van der Waals surface area contributed by atoms with Crippen molar-refractivity contribution in [1.82, 2.24) is 19.7 Å². The third-order valence-corrected chi connectivity index (χ3v) is 15.6. The van der Waals surface area contributed by atoms with Crippen molar-refractivity contribution in [1.29, 1.82) is 0 Å². The number of rotatable bonds is 8. The van der Waals surface area contributed by atoms with Crippen LogP contribution in [0.25, 0.3) is 5.00 Å². The molecule has 62 heavy (non-hydrogen) atoms. The van der Waals surface area contributed by atoms with Crippen LogP contribution >= 0.6 is 11.3 Å². The number of nitrogens with zero attached hydrogens (tertiary/aromatic N) is 7. The van der Waals surface area contributed by atoms with Crippen molar-refractivity contribution in [3.8, 4) is 16.5 Å². The molecule has 3 aliphatic heterocycles. The van der Waals surface area contributed by atoms with Gasteiger partial charge < -0.3 is 19.6 Å². The summed E-state index contributed by atoms with van der Waals surface area (Å²) >= 11 is 1.81. The summed E-state index contributed by atoms with van der Waals surface area (Å²) in [6, 6.07) is 31.0. The maximum Gasteiger partial charge on any atom is 0.162 e. The van der Waals surface area contributed by atoms with Crippen molar-refractivity contribution in [3.63, 3.8) is 0 Å². The zero-order chi connectivity index (χ0) is 42.6. The number of piperazine rings is 1. The average molecular weight is 846 g/mol. The van der Waals surface area contributed by atoms with E-state index in [0.29, 0.717) is 17.6 Å². The normalized spacial score (nSPS) is 20.6. The van der Waals surface area contributed by atoms with E-state index in [1.165, 1.54) is 79.6 Å². The van der Waals surface area contributed by atoms with Gasteiger partial charge in [0.1, 0.15) is 28.4 Å². The lowest BCUT2D eigenvalue weighted by molar-refractivity contribution is 0.201. The van der Waals surface area contributed by atoms with E-state index in [-0.39, 0.29) is 12.0 Å². The molecule has 2 aromatic heterocycles. The number of thiophene rings is 1. The van der Waals surface area contributed by atoms with E-state index in [2.05, 4.69) is 130 Å². The molecule has 6 aromatic rings. The molecule has 4 aliphatic rings. The Labute approximate surface area is 370 Å². The highest BCUT2D eigenvalue weighted by Crippen LogP contribution is 2.50. The molecule has 0 saturated carbocycles. The van der Waals surface area contributed by atoms with Gasteiger partial charge in [-0.05, 0) is 125 Å². The average Bonchev–Trinajstić information content (AvgIpc) is 3.78. The summed E-state index contributed by atoms with van der Waals surface area (Å²) in [5, 5.41) is 20.5. The number of ether oxygens (including phenoxy) is 1. The molecule has 0 spiro atoms. The quantitative estimate of drug-likeness (QED) is 0.163. The SMILES string of the molecule is COc1cc(N2CCN(CC3CCN(c4ccc(C5=N[C@@H](C)c6nnc(C)n6-c6sc(C)c(C)c65)cc4)CC3)CC2)ccc1[C@@H]1c2ccc(O)cc2CC[C@@H]1c1ccc(C)cc1. The van der Waals surface area contributed by atoms with Crippen molar-refractivity contribution in [3.05, 3.63) is 146 Å². The number of anilines is 2. The fourth-order valence-electron chi connectivity index (χ4n) is 10.8. The summed E-state index contributed by atoms with van der Waals surface area (Å²) in [7, 11) is 1.81. The van der Waals surface area contributed by atoms with E-state index in [9.17, 15) is 5.11 Å². The number of aryl methyl sites for hydroxylation is 4. The number of aliphatic imine (C=N–C) groups is 1. The van der Waals surface area contributed by atoms with Crippen molar-refractivity contribution >= 4 is 28.4 Å². The highest BCUT2D eigenvalue weighted by Gasteiger charge is 2.35. The number of hydrogen-bond acceptors (Lipinski definition) is 9. The Balaban J connectivity index is 0.767. The second-order valence-electron chi connectivity index (χ2n) is 18.2. The summed E-state index contributed by atoms with van der Waals surface area (Å²) in [4.78, 5) is 14.4. The van der Waals surface area contributed by atoms with Crippen LogP contribution in [0.4, 0.5) is 11.4 Å². The monoisotopic (exact) mass is 845 g/mol. The first kappa shape index (κ1) is 40.6. The van der Waals surface area contributed by atoms with E-state index in [1.54, 1.807) is 0 Å². The molecule has 320 valence electrons. The zero-order valence-corrected chi connectivity index (χ0v) is 37.9. The molecule has 1 N–H and O–H groups in total. The van der Waals surface area contributed by atoms with Gasteiger partial charge in [0.15, 0.2) is 5.82 Å². The standard InChI is InChI=1S/C52H59N7O2S/c1-32-7-9-38(10-8-32)44-18-13-40-29-43(60)17-20-45(40)49(44)46-19-16-42(30-47(46)61-6)58-27-25-56(26-28-58)31-37-21-23-57(24-22-37)41-14-11-39(12-15-41)50-48-33(2)35(4)62-52(48)59-36(5)54-55-51(59)34(3)53-50/h7-12,14-17,19-20,29-30,34,37,44,49,60H,13,18,21-28,31H2,1-6H3/t34-,44+,49-/m0/s1. The van der Waals surface area contributed by atoms with Gasteiger partial charge in [-0.3, -0.25) is 14.5 Å². The lowest BCUT2D eigenvalue weighted by Gasteiger charge is -2.40. The van der Waals surface area contributed by atoms with Gasteiger partial charge in [-0.15, -0.1) is 21.5 Å². The molecule has 4 aromatic carbocycles. The van der Waals surface area contributed by atoms with Gasteiger partial charge in [0.05, 0.1) is 12.8 Å². The largest absolute Gasteiger partial charge is 0.508 e. The van der Waals surface area contributed by atoms with Crippen molar-refractivity contribution < 1.29 is 9.84 Å². The lowest BCUT2D eigenvalue weighted by Crippen LogP contribution is -2.49. The predicted octanol–water partition coefficient (Wildman–Crippen LogP) is 10.1. The van der Waals surface area contributed by atoms with Crippen molar-refractivity contribution in [2.45, 2.75) is 78.2 Å². The topological polar surface area (TPSA) is 82.2 Å². The van der Waals surface area contributed by atoms with E-state index < -0.39 is 0 Å². The van der Waals surface area contributed by atoms with Gasteiger partial charge in [0.2, 0.25) is 0 Å². The molecule has 9 nitrogen and oxygen atoms in total. The molecule has 10 heteroatoms. The van der Waals surface area contributed by atoms with E-state index in [4.69, 9.17) is 9.73 Å². The summed E-state index contributed by atoms with van der Waals surface area (Å²) in [5.74, 6) is 4.30. The van der Waals surface area contributed by atoms with E-state index >= 15 is 0 Å². The number of hydrogen-bond donors (Lipinski definition) is 1. The number of aromatic hydroxyl groups is 1. The maximum absolute atomic E-state index is 10.4. The van der Waals surface area contributed by atoms with Gasteiger partial charge in [0, 0.05) is 90.7 Å². The Morgan fingerprint density at radius 1 is 0.758 bits per heavy atom. The molecule has 0 radical (unpaired) electrons. The molecular weight excluding hydrogens is 787 g/mol. The first-order valence-corrected chi connectivity index (χ1v) is 23.4. The molecule has 5 heterocycles. The Morgan fingerprint density at radius 3 is 2.21 bits per heavy atom. The number of phenols is 1. The van der Waals surface area contributed by atoms with Crippen molar-refractivity contribution in [2.75, 3.05) is 62.7 Å². The minimum absolute atomic E-state index is 0.0797. The van der Waals surface area contributed by atoms with Gasteiger partial charge >= 0.3 is 0 Å². The van der Waals surface area contributed by atoms with Gasteiger partial charge in [-0.1, -0.05) is 54.1 Å². The van der Waals surface area contributed by atoms with Crippen LogP contribution in [0.3, 0.4) is 0 Å². The third-order valence-electron chi connectivity index (χ3n) is 14.4. The number of benzene rings is 4. The number of phenolic OH excluding ortho intramolecular Hbond substituents is 1. The van der Waals surface area contributed by atoms with Crippen LogP contribution in [0.1, 0.15) is 105 Å². The smallest absolute Gasteiger partial charge is 0.162 e. The predicted molar refractivity (Wildman–Crippen MR) is 253 cm³/mol. The Kier molecular flexibility index (Phi) is 10.9. The minimum atomic E-state index is -0.0797. The number of aromatic nitrogens is 3. The first-order valence-electron chi connectivity index (χ1n) is 22.6. The van der Waals surface area contributed by atoms with Crippen LogP contribution in [-0.4, -0.2) is 83.4 Å². The van der Waals surface area contributed by atoms with Crippen LogP contribution in [0.15, 0.2) is 89.9 Å². The second kappa shape index (κ2) is 16.7. The van der Waals surface area contributed by atoms with Crippen LogP contribution < -0.4 is 14.5 Å². The maximum atomic E-state index is 10.4. The molecule has 10 rings (SSSR count). The molecule has 0 unspecified atom stereocenters. The molecule has 2 fully saturated rings. The van der Waals surface area contributed by atoms with E-state index in [1.807, 2.05) is 37.5 Å². The molecule has 0 amide bonds. The highest BCUT2D eigenvalue weighted by molar-refractivity contribution is 7.15. The molecular formula is C52H59N7O2S. The van der Waals surface area contributed by atoms with E-state index in [0.717, 1.165) is 80.8 Å². The number of methoxy groups -OCH3 is 1. The van der Waals surface area contributed by atoms with Crippen LogP contribution in [0, 0.1) is 33.6 Å². The number of fused-ring (bicyclic) bond motifs is 4. The summed E-state index contributed by atoms with van der Waals surface area (Å²) < 4.78 is 8.42. The number of piperidine rings is 1. The van der Waals surface area contributed by atoms with Gasteiger partial charge in [-0.2, -0.15) is 0 Å². The molecule has 1 aliphatic carbocycles. The Hall–Kier alpha value is -5.45. The third kappa shape index (κ3) is 7.49. The van der Waals surface area contributed by atoms with Crippen LogP contribution in [0.5, 0.6) is 11.5 Å². The van der Waals surface area contributed by atoms with Gasteiger partial charge in [0.25, 0.3) is 0 Å². The minimum Gasteiger partial charge on any atom is -0.508 e. The fourth-order valence-corrected chi connectivity index (χ4v) is 12.0. The molecule has 3 atom stereocenters. The van der Waals surface area contributed by atoms with Crippen LogP contribution in [0.2, 0.25) is 0 Å². The molecule has 0 bridgehead atoms. The fraction of sp³-hybridized carbons (Fsp3) is 0.404. The van der Waals surface area contributed by atoms with Crippen molar-refractivity contribution in [2.24, 2.45) is 10.9 Å². The Morgan fingerprint density at radius 2 is 1.47 bits per heavy atom. The Bertz CT molecular complexity index is 2610. The van der Waals surface area contributed by atoms with Crippen LogP contribution in [-0.2, 0) is 6.42 Å². The highest BCUT2D eigenvalue weighted by atomic mass is 32.1.